The Morgan fingerprint density at radius 2 is 1.81 bits per heavy atom. The van der Waals surface area contributed by atoms with E-state index in [0.29, 0.717) is 12.1 Å². The number of benzene rings is 2. The second-order valence-corrected chi connectivity index (χ2v) is 9.14. The number of carbonyl (C=O) groups is 2. The van der Waals surface area contributed by atoms with Gasteiger partial charge >= 0.3 is 0 Å². The zero-order valence-electron chi connectivity index (χ0n) is 18.1. The lowest BCUT2D eigenvalue weighted by molar-refractivity contribution is -0.140. The van der Waals surface area contributed by atoms with E-state index in [2.05, 4.69) is 20.8 Å². The predicted molar refractivity (Wildman–Crippen MR) is 126 cm³/mol. The monoisotopic (exact) mass is 498 g/mol. The van der Waals surface area contributed by atoms with Crippen molar-refractivity contribution in [1.82, 2.24) is 9.80 Å². The molecular formula is C25H27BrN2O4. The summed E-state index contributed by atoms with van der Waals surface area (Å²) in [4.78, 5) is 30.0. The molecule has 2 fully saturated rings. The van der Waals surface area contributed by atoms with Crippen molar-refractivity contribution in [3.63, 3.8) is 0 Å². The van der Waals surface area contributed by atoms with Crippen molar-refractivity contribution in [3.8, 4) is 0 Å². The number of halogens is 1. The average molecular weight is 499 g/mol. The highest BCUT2D eigenvalue weighted by Crippen LogP contribution is 2.40. The molecule has 7 heteroatoms. The molecule has 0 aromatic heterocycles. The van der Waals surface area contributed by atoms with Gasteiger partial charge in [-0.1, -0.05) is 57.9 Å². The lowest BCUT2D eigenvalue weighted by atomic mass is 9.95. The number of hydrogen-bond acceptors (Lipinski definition) is 5. The number of hydrogen-bond donors (Lipinski definition) is 1. The van der Waals surface area contributed by atoms with E-state index in [-0.39, 0.29) is 11.3 Å². The van der Waals surface area contributed by atoms with Crippen molar-refractivity contribution in [1.29, 1.82) is 0 Å². The molecule has 1 atom stereocenters. The van der Waals surface area contributed by atoms with Crippen LogP contribution in [0.1, 0.15) is 29.2 Å². The van der Waals surface area contributed by atoms with Gasteiger partial charge in [0.05, 0.1) is 24.8 Å². The third-order valence-electron chi connectivity index (χ3n) is 6.01. The molecule has 2 aromatic carbocycles. The fourth-order valence-corrected chi connectivity index (χ4v) is 4.71. The molecule has 2 saturated heterocycles. The topological polar surface area (TPSA) is 70.1 Å². The van der Waals surface area contributed by atoms with Crippen LogP contribution in [-0.4, -0.2) is 66.0 Å². The van der Waals surface area contributed by atoms with E-state index in [1.54, 1.807) is 17.0 Å². The second-order valence-electron chi connectivity index (χ2n) is 8.22. The van der Waals surface area contributed by atoms with Crippen LogP contribution in [0.3, 0.4) is 0 Å². The number of aliphatic hydroxyl groups excluding tert-OH is 1. The zero-order valence-corrected chi connectivity index (χ0v) is 19.7. The van der Waals surface area contributed by atoms with E-state index in [0.717, 1.165) is 54.9 Å². The summed E-state index contributed by atoms with van der Waals surface area (Å²) < 4.78 is 6.25. The van der Waals surface area contributed by atoms with E-state index >= 15 is 0 Å². The van der Waals surface area contributed by atoms with Crippen molar-refractivity contribution < 1.29 is 19.4 Å². The van der Waals surface area contributed by atoms with Gasteiger partial charge in [0.15, 0.2) is 0 Å². The molecule has 2 aliphatic heterocycles. The number of Topliss-reactive ketones (excluding diaryl/α,β-unsaturated/α-hetero) is 1. The van der Waals surface area contributed by atoms with Crippen LogP contribution in [0.4, 0.5) is 0 Å². The molecule has 2 aromatic rings. The molecule has 0 bridgehead atoms. The Bertz CT molecular complexity index is 1030. The summed E-state index contributed by atoms with van der Waals surface area (Å²) >= 11 is 3.49. The van der Waals surface area contributed by atoms with Crippen LogP contribution in [0.2, 0.25) is 0 Å². The molecule has 2 aliphatic rings. The van der Waals surface area contributed by atoms with Crippen LogP contribution in [0.15, 0.2) is 58.6 Å². The van der Waals surface area contributed by atoms with Crippen LogP contribution >= 0.6 is 15.9 Å². The molecule has 0 saturated carbocycles. The van der Waals surface area contributed by atoms with E-state index in [1.165, 1.54) is 0 Å². The maximum absolute atomic E-state index is 13.1. The molecule has 32 heavy (non-hydrogen) atoms. The van der Waals surface area contributed by atoms with Crippen LogP contribution in [0.5, 0.6) is 0 Å². The van der Waals surface area contributed by atoms with Crippen LogP contribution < -0.4 is 0 Å². The van der Waals surface area contributed by atoms with Gasteiger partial charge in [0, 0.05) is 36.2 Å². The van der Waals surface area contributed by atoms with Crippen molar-refractivity contribution >= 4 is 33.4 Å². The lowest BCUT2D eigenvalue weighted by Crippen LogP contribution is -2.38. The largest absolute Gasteiger partial charge is 0.507 e. The fraction of sp³-hybridized carbons (Fsp3) is 0.360. The van der Waals surface area contributed by atoms with Gasteiger partial charge in [-0.25, -0.2) is 0 Å². The summed E-state index contributed by atoms with van der Waals surface area (Å²) in [5.41, 5.74) is 2.51. The number of amides is 1. The molecule has 6 nitrogen and oxygen atoms in total. The minimum absolute atomic E-state index is 0.135. The van der Waals surface area contributed by atoms with E-state index < -0.39 is 17.7 Å². The number of likely N-dealkylation sites (tertiary alicyclic amines) is 1. The Kier molecular flexibility index (Phi) is 7.08. The van der Waals surface area contributed by atoms with Crippen molar-refractivity contribution in [3.05, 3.63) is 75.3 Å². The summed E-state index contributed by atoms with van der Waals surface area (Å²) in [6.45, 7) is 6.42. The fourth-order valence-electron chi connectivity index (χ4n) is 4.29. The molecule has 1 amide bonds. The smallest absolute Gasteiger partial charge is 0.295 e. The first-order valence-corrected chi connectivity index (χ1v) is 11.7. The standard InChI is InChI=1S/C25H27BrN2O4/c1-17-6-8-18(9-7-17)23(29)21-22(19-4-2-5-20(26)16-19)28(25(31)24(21)30)11-3-10-27-12-14-32-15-13-27/h2,4-9,16,22,29H,3,10-15H2,1H3/b23-21+. The van der Waals surface area contributed by atoms with Gasteiger partial charge in [-0.15, -0.1) is 0 Å². The minimum Gasteiger partial charge on any atom is -0.507 e. The number of ether oxygens (including phenoxy) is 1. The first-order chi connectivity index (χ1) is 15.5. The van der Waals surface area contributed by atoms with Crippen LogP contribution in [-0.2, 0) is 14.3 Å². The van der Waals surface area contributed by atoms with Gasteiger partial charge in [0.1, 0.15) is 5.76 Å². The Morgan fingerprint density at radius 3 is 2.50 bits per heavy atom. The number of ketones is 1. The maximum Gasteiger partial charge on any atom is 0.295 e. The lowest BCUT2D eigenvalue weighted by Gasteiger charge is -2.29. The summed E-state index contributed by atoms with van der Waals surface area (Å²) in [6.07, 6.45) is 0.738. The zero-order chi connectivity index (χ0) is 22.7. The van der Waals surface area contributed by atoms with Crippen LogP contribution in [0.25, 0.3) is 5.76 Å². The highest BCUT2D eigenvalue weighted by molar-refractivity contribution is 9.10. The van der Waals surface area contributed by atoms with Gasteiger partial charge in [-0.2, -0.15) is 0 Å². The van der Waals surface area contributed by atoms with Gasteiger partial charge in [0.25, 0.3) is 11.7 Å². The van der Waals surface area contributed by atoms with Gasteiger partial charge in [-0.3, -0.25) is 14.5 Å². The summed E-state index contributed by atoms with van der Waals surface area (Å²) in [6, 6.07) is 14.2. The number of nitrogens with zero attached hydrogens (tertiary/aromatic N) is 2. The summed E-state index contributed by atoms with van der Waals surface area (Å²) in [7, 11) is 0. The van der Waals surface area contributed by atoms with Crippen molar-refractivity contribution in [2.75, 3.05) is 39.4 Å². The second kappa shape index (κ2) is 9.98. The van der Waals surface area contributed by atoms with Gasteiger partial charge in [0.2, 0.25) is 0 Å². The molecule has 0 spiro atoms. The number of rotatable bonds is 6. The first-order valence-electron chi connectivity index (χ1n) is 10.9. The van der Waals surface area contributed by atoms with Crippen LogP contribution in [0, 0.1) is 6.92 Å². The quantitative estimate of drug-likeness (QED) is 0.371. The Morgan fingerprint density at radius 1 is 1.09 bits per heavy atom. The number of morpholine rings is 1. The highest BCUT2D eigenvalue weighted by atomic mass is 79.9. The Hall–Kier alpha value is -2.48. The molecular weight excluding hydrogens is 472 g/mol. The van der Waals surface area contributed by atoms with E-state index in [1.807, 2.05) is 43.3 Å². The molecule has 2 heterocycles. The third kappa shape index (κ3) is 4.80. The molecule has 1 unspecified atom stereocenters. The van der Waals surface area contributed by atoms with E-state index in [4.69, 9.17) is 4.74 Å². The van der Waals surface area contributed by atoms with Gasteiger partial charge < -0.3 is 14.7 Å². The first kappa shape index (κ1) is 22.7. The Labute approximate surface area is 196 Å². The number of aliphatic hydroxyl groups is 1. The van der Waals surface area contributed by atoms with E-state index in [9.17, 15) is 14.7 Å². The molecule has 0 aliphatic carbocycles. The summed E-state index contributed by atoms with van der Waals surface area (Å²) in [5, 5.41) is 11.1. The third-order valence-corrected chi connectivity index (χ3v) is 6.50. The average Bonchev–Trinajstić information content (AvgIpc) is 3.05. The maximum atomic E-state index is 13.1. The normalized spacial score (nSPS) is 21.3. The SMILES string of the molecule is Cc1ccc(/C(O)=C2\C(=O)C(=O)N(CCCN3CCOCC3)C2c2cccc(Br)c2)cc1. The van der Waals surface area contributed by atoms with Gasteiger partial charge in [-0.05, 0) is 31.0 Å². The summed E-state index contributed by atoms with van der Waals surface area (Å²) in [5.74, 6) is -1.34. The minimum atomic E-state index is -0.639. The number of aryl methyl sites for hydroxylation is 1. The van der Waals surface area contributed by atoms with Crippen molar-refractivity contribution in [2.24, 2.45) is 0 Å². The molecule has 168 valence electrons. The molecule has 4 rings (SSSR count). The predicted octanol–water partition coefficient (Wildman–Crippen LogP) is 3.90. The molecule has 0 radical (unpaired) electrons. The Balaban J connectivity index is 1.67. The number of carbonyl (C=O) groups excluding carboxylic acids is 2. The highest BCUT2D eigenvalue weighted by Gasteiger charge is 2.45. The molecule has 1 N–H and O–H groups in total. The van der Waals surface area contributed by atoms with Crippen molar-refractivity contribution in [2.45, 2.75) is 19.4 Å².